The Hall–Kier alpha value is -1.01. The fourth-order valence-corrected chi connectivity index (χ4v) is 1.34. The molecule has 14 heavy (non-hydrogen) atoms. The summed E-state index contributed by atoms with van der Waals surface area (Å²) in [5.41, 5.74) is -0.860. The van der Waals surface area contributed by atoms with Gasteiger partial charge in [0.2, 0.25) is 0 Å². The predicted octanol–water partition coefficient (Wildman–Crippen LogP) is 1.85. The van der Waals surface area contributed by atoms with Crippen LogP contribution in [0.15, 0.2) is 16.6 Å². The van der Waals surface area contributed by atoms with E-state index in [1.807, 2.05) is 0 Å². The van der Waals surface area contributed by atoms with Crippen molar-refractivity contribution in [3.8, 4) is 0 Å². The van der Waals surface area contributed by atoms with Crippen LogP contribution in [0, 0.1) is 11.6 Å². The molecular weight excluding hydrogens is 262 g/mol. The molecule has 0 unspecified atom stereocenters. The number of carboxylic acids is 1. The van der Waals surface area contributed by atoms with Crippen molar-refractivity contribution in [3.63, 3.8) is 0 Å². The van der Waals surface area contributed by atoms with Crippen LogP contribution >= 0.6 is 15.9 Å². The Kier molecular flexibility index (Phi) is 3.17. The minimum absolute atomic E-state index is 0.133. The number of halogens is 3. The van der Waals surface area contributed by atoms with Gasteiger partial charge in [-0.1, -0.05) is 15.9 Å². The normalized spacial score (nSPS) is 12.6. The number of aliphatic hydroxyl groups excluding tert-OH is 1. The van der Waals surface area contributed by atoms with E-state index in [-0.39, 0.29) is 4.47 Å². The quantitative estimate of drug-likeness (QED) is 0.859. The summed E-state index contributed by atoms with van der Waals surface area (Å²) in [6.45, 7) is 0. The van der Waals surface area contributed by atoms with Crippen molar-refractivity contribution in [3.05, 3.63) is 33.8 Å². The average molecular weight is 267 g/mol. The molecular formula is C8H5BrF2O3. The van der Waals surface area contributed by atoms with Crippen molar-refractivity contribution in [1.29, 1.82) is 0 Å². The smallest absolute Gasteiger partial charge is 0.337 e. The van der Waals surface area contributed by atoms with Gasteiger partial charge in [0.15, 0.2) is 6.10 Å². The van der Waals surface area contributed by atoms with Gasteiger partial charge in [-0.15, -0.1) is 0 Å². The van der Waals surface area contributed by atoms with E-state index in [0.717, 1.165) is 12.1 Å². The van der Waals surface area contributed by atoms with Gasteiger partial charge in [0.25, 0.3) is 0 Å². The summed E-state index contributed by atoms with van der Waals surface area (Å²) in [6, 6.07) is 1.76. The molecule has 0 spiro atoms. The summed E-state index contributed by atoms with van der Waals surface area (Å²) in [5, 5.41) is 17.3. The van der Waals surface area contributed by atoms with Gasteiger partial charge in [-0.2, -0.15) is 0 Å². The summed E-state index contributed by atoms with van der Waals surface area (Å²) in [5.74, 6) is -3.91. The summed E-state index contributed by atoms with van der Waals surface area (Å²) in [6.07, 6.45) is -2.19. The van der Waals surface area contributed by atoms with Gasteiger partial charge in [0, 0.05) is 4.47 Å². The van der Waals surface area contributed by atoms with Crippen molar-refractivity contribution in [2.45, 2.75) is 6.10 Å². The van der Waals surface area contributed by atoms with E-state index in [2.05, 4.69) is 15.9 Å². The van der Waals surface area contributed by atoms with Crippen LogP contribution in [0.4, 0.5) is 8.78 Å². The zero-order valence-electron chi connectivity index (χ0n) is 6.67. The van der Waals surface area contributed by atoms with Gasteiger partial charge >= 0.3 is 5.97 Å². The maximum atomic E-state index is 13.0. The summed E-state index contributed by atoms with van der Waals surface area (Å²) in [4.78, 5) is 10.3. The van der Waals surface area contributed by atoms with E-state index in [0.29, 0.717) is 0 Å². The molecule has 1 rings (SSSR count). The van der Waals surface area contributed by atoms with Gasteiger partial charge in [0.05, 0.1) is 5.56 Å². The summed E-state index contributed by atoms with van der Waals surface area (Å²) < 4.78 is 26.2. The highest BCUT2D eigenvalue weighted by Gasteiger charge is 2.24. The molecule has 0 aliphatic carbocycles. The highest BCUT2D eigenvalue weighted by molar-refractivity contribution is 9.10. The number of carbonyl (C=O) groups is 1. The molecule has 2 N–H and O–H groups in total. The SMILES string of the molecule is O=C(O)[C@H](O)c1c(F)cc(Br)cc1F. The topological polar surface area (TPSA) is 57.5 Å². The largest absolute Gasteiger partial charge is 0.479 e. The van der Waals surface area contributed by atoms with Crippen molar-refractivity contribution < 1.29 is 23.8 Å². The molecule has 76 valence electrons. The lowest BCUT2D eigenvalue weighted by Gasteiger charge is -2.08. The van der Waals surface area contributed by atoms with E-state index in [4.69, 9.17) is 10.2 Å². The number of hydrogen-bond donors (Lipinski definition) is 2. The van der Waals surface area contributed by atoms with E-state index in [1.54, 1.807) is 0 Å². The first kappa shape index (κ1) is 11.1. The van der Waals surface area contributed by atoms with Crippen LogP contribution in [0.1, 0.15) is 11.7 Å². The second-order valence-electron chi connectivity index (χ2n) is 2.52. The van der Waals surface area contributed by atoms with Crippen LogP contribution in [0.3, 0.4) is 0 Å². The third kappa shape index (κ3) is 2.08. The third-order valence-corrected chi connectivity index (χ3v) is 2.01. The number of aliphatic hydroxyl groups is 1. The molecule has 1 aromatic carbocycles. The standard InChI is InChI=1S/C8H5BrF2O3/c9-3-1-4(10)6(5(11)2-3)7(12)8(13)14/h1-2,7,12H,(H,13,14)/t7-/m1/s1. The molecule has 1 atom stereocenters. The fourth-order valence-electron chi connectivity index (χ4n) is 0.938. The average Bonchev–Trinajstić information content (AvgIpc) is 2.01. The van der Waals surface area contributed by atoms with E-state index in [9.17, 15) is 13.6 Å². The van der Waals surface area contributed by atoms with Gasteiger partial charge in [-0.3, -0.25) is 0 Å². The van der Waals surface area contributed by atoms with Gasteiger partial charge < -0.3 is 10.2 Å². The lowest BCUT2D eigenvalue weighted by molar-refractivity contribution is -0.147. The molecule has 0 bridgehead atoms. The molecule has 0 saturated carbocycles. The van der Waals surface area contributed by atoms with Crippen LogP contribution in [0.2, 0.25) is 0 Å². The molecule has 0 saturated heterocycles. The Morgan fingerprint density at radius 3 is 2.14 bits per heavy atom. The molecule has 1 aromatic rings. The Bertz CT molecular complexity index is 358. The number of carboxylic acid groups (broad SMARTS) is 1. The molecule has 0 aliphatic heterocycles. The Labute approximate surface area is 86.1 Å². The predicted molar refractivity (Wildman–Crippen MR) is 46.7 cm³/mol. The zero-order valence-corrected chi connectivity index (χ0v) is 8.25. The fraction of sp³-hybridized carbons (Fsp3) is 0.125. The maximum absolute atomic E-state index is 13.0. The Balaban J connectivity index is 3.27. The van der Waals surface area contributed by atoms with Gasteiger partial charge in [-0.25, -0.2) is 13.6 Å². The highest BCUT2D eigenvalue weighted by Crippen LogP contribution is 2.24. The number of benzene rings is 1. The molecule has 3 nitrogen and oxygen atoms in total. The minimum Gasteiger partial charge on any atom is -0.479 e. The van der Waals surface area contributed by atoms with Crippen LogP contribution < -0.4 is 0 Å². The zero-order chi connectivity index (χ0) is 10.9. The van der Waals surface area contributed by atoms with Crippen LogP contribution in [-0.2, 0) is 4.79 Å². The van der Waals surface area contributed by atoms with Crippen LogP contribution in [-0.4, -0.2) is 16.2 Å². The summed E-state index contributed by atoms with van der Waals surface area (Å²) in [7, 11) is 0. The second-order valence-corrected chi connectivity index (χ2v) is 3.44. The molecule has 0 radical (unpaired) electrons. The van der Waals surface area contributed by atoms with Crippen LogP contribution in [0.5, 0.6) is 0 Å². The lowest BCUT2D eigenvalue weighted by atomic mass is 10.1. The minimum atomic E-state index is -2.19. The van der Waals surface area contributed by atoms with Gasteiger partial charge in [0.1, 0.15) is 11.6 Å². The first-order valence-corrected chi connectivity index (χ1v) is 4.28. The molecule has 0 aromatic heterocycles. The van der Waals surface area contributed by atoms with E-state index >= 15 is 0 Å². The maximum Gasteiger partial charge on any atom is 0.337 e. The molecule has 0 aliphatic rings. The lowest BCUT2D eigenvalue weighted by Crippen LogP contribution is -2.14. The van der Waals surface area contributed by atoms with Gasteiger partial charge in [-0.05, 0) is 12.1 Å². The number of rotatable bonds is 2. The van der Waals surface area contributed by atoms with Crippen molar-refractivity contribution in [2.24, 2.45) is 0 Å². The Morgan fingerprint density at radius 2 is 1.79 bits per heavy atom. The number of aliphatic carboxylic acids is 1. The molecule has 0 fully saturated rings. The second kappa shape index (κ2) is 4.02. The summed E-state index contributed by atoms with van der Waals surface area (Å²) >= 11 is 2.82. The van der Waals surface area contributed by atoms with Crippen molar-refractivity contribution in [2.75, 3.05) is 0 Å². The third-order valence-electron chi connectivity index (χ3n) is 1.55. The van der Waals surface area contributed by atoms with Crippen molar-refractivity contribution in [1.82, 2.24) is 0 Å². The van der Waals surface area contributed by atoms with E-state index in [1.165, 1.54) is 0 Å². The van der Waals surface area contributed by atoms with E-state index < -0.39 is 29.3 Å². The molecule has 6 heteroatoms. The first-order valence-electron chi connectivity index (χ1n) is 3.48. The monoisotopic (exact) mass is 266 g/mol. The number of hydrogen-bond acceptors (Lipinski definition) is 2. The Morgan fingerprint density at radius 1 is 1.36 bits per heavy atom. The van der Waals surface area contributed by atoms with Crippen molar-refractivity contribution >= 4 is 21.9 Å². The molecule has 0 amide bonds. The highest BCUT2D eigenvalue weighted by atomic mass is 79.9. The first-order chi connectivity index (χ1) is 6.43. The van der Waals surface area contributed by atoms with Crippen LogP contribution in [0.25, 0.3) is 0 Å². The molecule has 0 heterocycles.